The van der Waals surface area contributed by atoms with Gasteiger partial charge in [0.2, 0.25) is 0 Å². The van der Waals surface area contributed by atoms with Gasteiger partial charge in [-0.3, -0.25) is 37.3 Å². The van der Waals surface area contributed by atoms with Crippen molar-refractivity contribution < 1.29 is 80.2 Å². The minimum absolute atomic E-state index is 0.103. The molecule has 0 saturated carbocycles. The predicted octanol–water partition coefficient (Wildman–Crippen LogP) is 13.9. The monoisotopic (exact) mass is 1090 g/mol. The van der Waals surface area contributed by atoms with Crippen LogP contribution < -0.4 is 0 Å². The summed E-state index contributed by atoms with van der Waals surface area (Å²) >= 11 is 0. The molecule has 0 aromatic carbocycles. The smallest absolute Gasteiger partial charge is 0.462 e. The molecule has 0 saturated heterocycles. The quantitative estimate of drug-likeness (QED) is 0.0222. The van der Waals surface area contributed by atoms with Crippen molar-refractivity contribution >= 4 is 39.5 Å². The van der Waals surface area contributed by atoms with Crippen LogP contribution in [0.1, 0.15) is 259 Å². The Kier molecular flexibility index (Phi) is 47.1. The average molecular weight is 1090 g/mol. The molecule has 0 radical (unpaired) electrons. The molecule has 432 valence electrons. The van der Waals surface area contributed by atoms with Gasteiger partial charge in [0, 0.05) is 25.7 Å². The molecule has 0 heterocycles. The minimum Gasteiger partial charge on any atom is -0.462 e. The number of rotatable bonds is 54. The Morgan fingerprint density at radius 2 is 0.630 bits per heavy atom. The maximum absolute atomic E-state index is 12.9. The maximum atomic E-state index is 12.9. The highest BCUT2D eigenvalue weighted by atomic mass is 31.2. The molecule has 3 N–H and O–H groups in total. The first kappa shape index (κ1) is 71.1. The number of hydrogen-bond donors (Lipinski definition) is 3. The topological polar surface area (TPSA) is 237 Å². The van der Waals surface area contributed by atoms with Crippen LogP contribution in [0.15, 0.2) is 0 Å². The molecule has 73 heavy (non-hydrogen) atoms. The average Bonchev–Trinajstić information content (AvgIpc) is 3.35. The predicted molar refractivity (Wildman–Crippen MR) is 285 cm³/mol. The van der Waals surface area contributed by atoms with Gasteiger partial charge in [0.1, 0.15) is 19.3 Å². The first-order valence-electron chi connectivity index (χ1n) is 28.6. The van der Waals surface area contributed by atoms with Crippen molar-refractivity contribution in [3.8, 4) is 0 Å². The third kappa shape index (κ3) is 49.4. The molecule has 0 bridgehead atoms. The summed E-state index contributed by atoms with van der Waals surface area (Å²) in [5.41, 5.74) is 0. The molecule has 2 unspecified atom stereocenters. The van der Waals surface area contributed by atoms with Crippen molar-refractivity contribution in [2.45, 2.75) is 278 Å². The van der Waals surface area contributed by atoms with Crippen LogP contribution in [0.4, 0.5) is 0 Å². The molecule has 0 aliphatic carbocycles. The number of ether oxygens (including phenoxy) is 4. The van der Waals surface area contributed by atoms with E-state index in [1.807, 2.05) is 0 Å². The van der Waals surface area contributed by atoms with Crippen molar-refractivity contribution in [3.63, 3.8) is 0 Å². The van der Waals surface area contributed by atoms with Gasteiger partial charge in [0.25, 0.3) is 0 Å². The van der Waals surface area contributed by atoms with Gasteiger partial charge in [0.05, 0.1) is 26.4 Å². The minimum atomic E-state index is -4.93. The first-order valence-corrected chi connectivity index (χ1v) is 31.6. The van der Waals surface area contributed by atoms with Gasteiger partial charge in [-0.2, -0.15) is 0 Å². The van der Waals surface area contributed by atoms with Gasteiger partial charge in [-0.05, 0) is 31.6 Å². The number of carbonyl (C=O) groups is 4. The third-order valence-electron chi connectivity index (χ3n) is 12.3. The number of aliphatic hydroxyl groups is 1. The summed E-state index contributed by atoms with van der Waals surface area (Å²) in [6.07, 6.45) is 28.3. The SMILES string of the molecule is CCCCCCCCCCC(=O)OC[C@H](COP(=O)(O)OC[C@@H](O)COP(=O)(O)OC[C@@H](COC(=O)CCCCCCCCC)OC(=O)CCCCCCCCC)OC(=O)CCCCCCCCCCC(C)C. The van der Waals surface area contributed by atoms with E-state index in [1.165, 1.54) is 51.4 Å². The molecule has 5 atom stereocenters. The highest BCUT2D eigenvalue weighted by molar-refractivity contribution is 7.47. The maximum Gasteiger partial charge on any atom is 0.472 e. The Labute approximate surface area is 441 Å². The largest absolute Gasteiger partial charge is 0.472 e. The number of carbonyl (C=O) groups excluding carboxylic acids is 4. The van der Waals surface area contributed by atoms with Crippen molar-refractivity contribution in [1.29, 1.82) is 0 Å². The van der Waals surface area contributed by atoms with Crippen molar-refractivity contribution in [1.82, 2.24) is 0 Å². The number of aliphatic hydroxyl groups excluding tert-OH is 1. The summed E-state index contributed by atoms with van der Waals surface area (Å²) in [4.78, 5) is 71.4. The molecule has 0 fully saturated rings. The van der Waals surface area contributed by atoms with E-state index in [0.717, 1.165) is 128 Å². The van der Waals surface area contributed by atoms with Crippen LogP contribution in [0.25, 0.3) is 0 Å². The lowest BCUT2D eigenvalue weighted by Gasteiger charge is -2.21. The van der Waals surface area contributed by atoms with Crippen molar-refractivity contribution in [2.75, 3.05) is 39.6 Å². The van der Waals surface area contributed by atoms with E-state index in [9.17, 15) is 43.2 Å². The summed E-state index contributed by atoms with van der Waals surface area (Å²) < 4.78 is 67.3. The normalized spacial score (nSPS) is 14.5. The fourth-order valence-corrected chi connectivity index (χ4v) is 9.39. The third-order valence-corrected chi connectivity index (χ3v) is 14.2. The summed E-state index contributed by atoms with van der Waals surface area (Å²) in [6, 6.07) is 0. The second kappa shape index (κ2) is 48.4. The van der Waals surface area contributed by atoms with Gasteiger partial charge < -0.3 is 33.8 Å². The van der Waals surface area contributed by atoms with Crippen LogP contribution in [-0.4, -0.2) is 96.7 Å². The summed E-state index contributed by atoms with van der Waals surface area (Å²) in [7, 11) is -9.85. The van der Waals surface area contributed by atoms with E-state index in [2.05, 4.69) is 34.6 Å². The van der Waals surface area contributed by atoms with Gasteiger partial charge >= 0.3 is 39.5 Å². The molecule has 0 aliphatic heterocycles. The Bertz CT molecular complexity index is 1450. The molecule has 0 amide bonds. The zero-order valence-electron chi connectivity index (χ0n) is 46.3. The summed E-state index contributed by atoms with van der Waals surface area (Å²) in [5.74, 6) is -1.44. The van der Waals surface area contributed by atoms with Gasteiger partial charge in [-0.15, -0.1) is 0 Å². The van der Waals surface area contributed by atoms with Crippen LogP contribution in [0.2, 0.25) is 0 Å². The number of hydrogen-bond acceptors (Lipinski definition) is 15. The van der Waals surface area contributed by atoms with Crippen molar-refractivity contribution in [2.24, 2.45) is 5.92 Å². The molecular weight excluding hydrogens is 983 g/mol. The van der Waals surface area contributed by atoms with Crippen LogP contribution >= 0.6 is 15.6 Å². The van der Waals surface area contributed by atoms with Gasteiger partial charge in [-0.1, -0.05) is 208 Å². The van der Waals surface area contributed by atoms with Crippen molar-refractivity contribution in [3.05, 3.63) is 0 Å². The van der Waals surface area contributed by atoms with Crippen LogP contribution in [0.5, 0.6) is 0 Å². The zero-order valence-corrected chi connectivity index (χ0v) is 48.0. The van der Waals surface area contributed by atoms with Gasteiger partial charge in [-0.25, -0.2) is 9.13 Å². The molecule has 0 aliphatic rings. The summed E-state index contributed by atoms with van der Waals surface area (Å²) in [5, 5.41) is 10.4. The number of unbranched alkanes of at least 4 members (excludes halogenated alkanes) is 26. The lowest BCUT2D eigenvalue weighted by molar-refractivity contribution is -0.161. The molecule has 19 heteroatoms. The molecule has 0 aromatic rings. The van der Waals surface area contributed by atoms with E-state index in [-0.39, 0.29) is 25.7 Å². The Morgan fingerprint density at radius 3 is 0.932 bits per heavy atom. The number of phosphoric ester groups is 2. The molecule has 0 spiro atoms. The fourth-order valence-electron chi connectivity index (χ4n) is 7.81. The number of phosphoric acid groups is 2. The standard InChI is InChI=1S/C54H104O17P2/c1-6-9-12-15-18-24-28-33-38-52(57)65-44-50(71-54(59)40-35-30-25-20-19-23-26-31-36-47(4)5)46-69-73(62,63)67-42-48(55)41-66-72(60,61)68-45-49(70-53(58)39-34-29-22-17-14-11-8-3)43-64-51(56)37-32-27-21-16-13-10-7-2/h47-50,55H,6-46H2,1-5H3,(H,60,61)(H,62,63)/t48-,49+,50+/m0/s1. The van der Waals surface area contributed by atoms with Gasteiger partial charge in [0.15, 0.2) is 12.2 Å². The Balaban J connectivity index is 5.19. The molecule has 0 rings (SSSR count). The number of esters is 4. The molecular formula is C54H104O17P2. The Hall–Kier alpha value is -1.94. The second-order valence-electron chi connectivity index (χ2n) is 20.1. The molecule has 0 aromatic heterocycles. The zero-order chi connectivity index (χ0) is 54.3. The first-order chi connectivity index (χ1) is 35.0. The Morgan fingerprint density at radius 1 is 0.370 bits per heavy atom. The van der Waals surface area contributed by atoms with Crippen LogP contribution in [0, 0.1) is 5.92 Å². The second-order valence-corrected chi connectivity index (χ2v) is 23.0. The van der Waals surface area contributed by atoms with Crippen LogP contribution in [-0.2, 0) is 65.4 Å². The van der Waals surface area contributed by atoms with E-state index >= 15 is 0 Å². The lowest BCUT2D eigenvalue weighted by atomic mass is 10.0. The van der Waals surface area contributed by atoms with E-state index in [0.29, 0.717) is 25.7 Å². The highest BCUT2D eigenvalue weighted by Gasteiger charge is 2.30. The van der Waals surface area contributed by atoms with E-state index in [4.69, 9.17) is 37.0 Å². The molecule has 17 nitrogen and oxygen atoms in total. The fraction of sp³-hybridized carbons (Fsp3) is 0.926. The lowest BCUT2D eigenvalue weighted by Crippen LogP contribution is -2.30. The summed E-state index contributed by atoms with van der Waals surface area (Å²) in [6.45, 7) is 6.96. The van der Waals surface area contributed by atoms with E-state index in [1.54, 1.807) is 0 Å². The van der Waals surface area contributed by atoms with E-state index < -0.39 is 97.5 Å². The van der Waals surface area contributed by atoms with Crippen LogP contribution in [0.3, 0.4) is 0 Å². The highest BCUT2D eigenvalue weighted by Crippen LogP contribution is 2.45.